The lowest BCUT2D eigenvalue weighted by Crippen LogP contribution is -2.64. The van der Waals surface area contributed by atoms with E-state index in [9.17, 15) is 24.3 Å². The van der Waals surface area contributed by atoms with E-state index in [1.807, 2.05) is 18.2 Å². The van der Waals surface area contributed by atoms with E-state index in [0.717, 1.165) is 36.6 Å². The molecular formula is C26H32N4O6. The van der Waals surface area contributed by atoms with Crippen molar-refractivity contribution in [3.05, 3.63) is 30.0 Å². The monoisotopic (exact) mass is 496 g/mol. The molecular weight excluding hydrogens is 464 g/mol. The van der Waals surface area contributed by atoms with Crippen LogP contribution in [0.1, 0.15) is 49.0 Å². The smallest absolute Gasteiger partial charge is 0.271 e. The van der Waals surface area contributed by atoms with Gasteiger partial charge < -0.3 is 30.4 Å². The Morgan fingerprint density at radius 1 is 1.19 bits per heavy atom. The number of carbonyl (C=O) groups excluding carboxylic acids is 4. The first kappa shape index (κ1) is 24.3. The lowest BCUT2D eigenvalue weighted by atomic mass is 9.74. The molecule has 4 aliphatic rings. The Hall–Kier alpha value is -3.40. The molecule has 6 rings (SSSR count). The summed E-state index contributed by atoms with van der Waals surface area (Å²) in [6.45, 7) is -0.197. The second-order valence-electron chi connectivity index (χ2n) is 10.0. The van der Waals surface area contributed by atoms with Gasteiger partial charge in [0.1, 0.15) is 24.1 Å². The van der Waals surface area contributed by atoms with Crippen molar-refractivity contribution in [3.8, 4) is 5.75 Å². The normalized spacial score (nSPS) is 26.1. The Morgan fingerprint density at radius 3 is 2.64 bits per heavy atom. The molecule has 0 unspecified atom stereocenters. The number of Topliss-reactive ketones (excluding diaryl/α,β-unsaturated/α-hetero) is 1. The quantitative estimate of drug-likeness (QED) is 0.432. The molecule has 10 heteroatoms. The number of hydrogen-bond donors (Lipinski definition) is 4. The molecule has 3 atom stereocenters. The predicted octanol–water partition coefficient (Wildman–Crippen LogP) is 1.13. The summed E-state index contributed by atoms with van der Waals surface area (Å²) in [5.74, 6) is -1.12. The third-order valence-electron chi connectivity index (χ3n) is 8.00. The number of rotatable bonds is 8. The van der Waals surface area contributed by atoms with E-state index in [-0.39, 0.29) is 30.2 Å². The number of aromatic nitrogens is 1. The molecule has 3 amide bonds. The van der Waals surface area contributed by atoms with Gasteiger partial charge >= 0.3 is 0 Å². The zero-order valence-corrected chi connectivity index (χ0v) is 20.3. The summed E-state index contributed by atoms with van der Waals surface area (Å²) >= 11 is 0. The summed E-state index contributed by atoms with van der Waals surface area (Å²) in [5, 5.41) is 15.8. The Morgan fingerprint density at radius 2 is 1.97 bits per heavy atom. The van der Waals surface area contributed by atoms with Crippen LogP contribution in [0.3, 0.4) is 0 Å². The number of amides is 3. The molecule has 0 spiro atoms. The standard InChI is InChI=1S/C26H32N4O6/c1-36-22-4-2-3-18-17(22)12-20(28-18)26(35)30-16-7-5-14(6-8-16)23(30)25(34)29-19(21(32)13-31)11-15-9-10-27-24(15)33/h2-4,12,14-16,19,23,28,31H,5-11,13H2,1H3,(H,27,33)(H,29,34)/t14?,15-,16?,19-,23-/m0/s1. The molecule has 1 saturated carbocycles. The lowest BCUT2D eigenvalue weighted by molar-refractivity contribution is -0.137. The van der Waals surface area contributed by atoms with Gasteiger partial charge in [0, 0.05) is 29.4 Å². The second-order valence-corrected chi connectivity index (χ2v) is 10.0. The minimum Gasteiger partial charge on any atom is -0.496 e. The lowest BCUT2D eigenvalue weighted by Gasteiger charge is -2.50. The van der Waals surface area contributed by atoms with Crippen LogP contribution < -0.4 is 15.4 Å². The fraction of sp³-hybridized carbons (Fsp3) is 0.538. The highest BCUT2D eigenvalue weighted by atomic mass is 16.5. The van der Waals surface area contributed by atoms with Crippen molar-refractivity contribution in [2.24, 2.45) is 11.8 Å². The molecule has 3 saturated heterocycles. The van der Waals surface area contributed by atoms with Crippen LogP contribution in [0.2, 0.25) is 0 Å². The van der Waals surface area contributed by atoms with Crippen molar-refractivity contribution in [3.63, 3.8) is 0 Å². The summed E-state index contributed by atoms with van der Waals surface area (Å²) in [6.07, 6.45) is 4.02. The number of fused-ring (bicyclic) bond motifs is 4. The molecule has 4 N–H and O–H groups in total. The Kier molecular flexibility index (Phi) is 6.70. The van der Waals surface area contributed by atoms with Crippen molar-refractivity contribution in [1.82, 2.24) is 20.5 Å². The molecule has 36 heavy (non-hydrogen) atoms. The minimum atomic E-state index is -0.980. The van der Waals surface area contributed by atoms with E-state index in [1.165, 1.54) is 0 Å². The molecule has 10 nitrogen and oxygen atoms in total. The number of aromatic amines is 1. The molecule has 4 fully saturated rings. The van der Waals surface area contributed by atoms with Crippen molar-refractivity contribution >= 4 is 34.4 Å². The van der Waals surface area contributed by atoms with Crippen LogP contribution in [0.4, 0.5) is 0 Å². The maximum atomic E-state index is 13.8. The molecule has 2 aromatic rings. The number of piperidine rings is 2. The Bertz CT molecular complexity index is 1180. The first-order valence-corrected chi connectivity index (χ1v) is 12.6. The maximum Gasteiger partial charge on any atom is 0.271 e. The highest BCUT2D eigenvalue weighted by Gasteiger charge is 2.48. The average Bonchev–Trinajstić information content (AvgIpc) is 3.53. The molecule has 0 radical (unpaired) electrons. The molecule has 1 aliphatic carbocycles. The zero-order chi connectivity index (χ0) is 25.4. The van der Waals surface area contributed by atoms with E-state index in [2.05, 4.69) is 15.6 Å². The average molecular weight is 497 g/mol. The largest absolute Gasteiger partial charge is 0.496 e. The van der Waals surface area contributed by atoms with Crippen LogP contribution in [0.15, 0.2) is 24.3 Å². The number of nitrogens with one attached hydrogen (secondary N) is 3. The first-order valence-electron chi connectivity index (χ1n) is 12.6. The van der Waals surface area contributed by atoms with Gasteiger partial charge in [-0.2, -0.15) is 0 Å². The number of ether oxygens (including phenoxy) is 1. The van der Waals surface area contributed by atoms with E-state index in [4.69, 9.17) is 4.74 Å². The SMILES string of the molecule is COc1cccc2[nH]c(C(=O)N3C4CCC(CC4)[C@H]3C(=O)N[C@@H](C[C@@H]3CCNC3=O)C(=O)CO)cc12. The van der Waals surface area contributed by atoms with Gasteiger partial charge in [-0.15, -0.1) is 0 Å². The van der Waals surface area contributed by atoms with Gasteiger partial charge in [0.05, 0.1) is 13.2 Å². The van der Waals surface area contributed by atoms with Crippen molar-refractivity contribution < 1.29 is 29.0 Å². The van der Waals surface area contributed by atoms with Crippen molar-refractivity contribution in [1.29, 1.82) is 0 Å². The molecule has 3 aliphatic heterocycles. The number of methoxy groups -OCH3 is 1. The summed E-state index contributed by atoms with van der Waals surface area (Å²) in [6, 6.07) is 5.52. The van der Waals surface area contributed by atoms with E-state index < -0.39 is 36.3 Å². The zero-order valence-electron chi connectivity index (χ0n) is 20.3. The highest BCUT2D eigenvalue weighted by Crippen LogP contribution is 2.41. The van der Waals surface area contributed by atoms with Gasteiger partial charge in [-0.3, -0.25) is 19.2 Å². The number of nitrogens with zero attached hydrogens (tertiary/aromatic N) is 1. The highest BCUT2D eigenvalue weighted by molar-refractivity contribution is 6.02. The maximum absolute atomic E-state index is 13.8. The number of aliphatic hydroxyl groups excluding tert-OH is 1. The van der Waals surface area contributed by atoms with Crippen LogP contribution in [0.25, 0.3) is 10.9 Å². The molecule has 1 aromatic carbocycles. The topological polar surface area (TPSA) is 141 Å². The van der Waals surface area contributed by atoms with E-state index in [1.54, 1.807) is 18.1 Å². The van der Waals surface area contributed by atoms with Gasteiger partial charge in [-0.05, 0) is 62.6 Å². The third-order valence-corrected chi connectivity index (χ3v) is 8.00. The molecule has 2 bridgehead atoms. The number of benzene rings is 1. The summed E-state index contributed by atoms with van der Waals surface area (Å²) in [4.78, 5) is 56.8. The number of ketones is 1. The van der Waals surface area contributed by atoms with Crippen LogP contribution in [-0.2, 0) is 14.4 Å². The van der Waals surface area contributed by atoms with E-state index >= 15 is 0 Å². The number of aliphatic hydroxyl groups is 1. The predicted molar refractivity (Wildman–Crippen MR) is 130 cm³/mol. The fourth-order valence-electron chi connectivity index (χ4n) is 6.13. The second kappa shape index (κ2) is 9.93. The van der Waals surface area contributed by atoms with Crippen LogP contribution in [0.5, 0.6) is 5.75 Å². The van der Waals surface area contributed by atoms with Gasteiger partial charge in [0.2, 0.25) is 11.8 Å². The van der Waals surface area contributed by atoms with Gasteiger partial charge in [0.15, 0.2) is 5.78 Å². The molecule has 1 aromatic heterocycles. The molecule has 4 heterocycles. The van der Waals surface area contributed by atoms with Gasteiger partial charge in [0.25, 0.3) is 5.91 Å². The van der Waals surface area contributed by atoms with Crippen LogP contribution in [-0.4, -0.2) is 76.9 Å². The number of H-pyrrole nitrogens is 1. The Labute approximate surface area is 208 Å². The van der Waals surface area contributed by atoms with Crippen molar-refractivity contribution in [2.45, 2.75) is 56.7 Å². The third kappa shape index (κ3) is 4.34. The van der Waals surface area contributed by atoms with Crippen LogP contribution in [0, 0.1) is 11.8 Å². The summed E-state index contributed by atoms with van der Waals surface area (Å²) < 4.78 is 5.42. The minimum absolute atomic E-state index is 0.0162. The van der Waals surface area contributed by atoms with Crippen molar-refractivity contribution in [2.75, 3.05) is 20.3 Å². The summed E-state index contributed by atoms with van der Waals surface area (Å²) in [7, 11) is 1.58. The summed E-state index contributed by atoms with van der Waals surface area (Å²) in [5.41, 5.74) is 1.15. The Balaban J connectivity index is 1.40. The fourth-order valence-corrected chi connectivity index (χ4v) is 6.13. The van der Waals surface area contributed by atoms with Gasteiger partial charge in [-0.1, -0.05) is 6.07 Å². The van der Waals surface area contributed by atoms with Crippen LogP contribution >= 0.6 is 0 Å². The van der Waals surface area contributed by atoms with Gasteiger partial charge in [-0.25, -0.2) is 0 Å². The number of carbonyl (C=O) groups is 4. The molecule has 192 valence electrons. The first-order chi connectivity index (χ1) is 17.4. The van der Waals surface area contributed by atoms with E-state index in [0.29, 0.717) is 24.4 Å². The number of hydrogen-bond acceptors (Lipinski definition) is 6.